The Bertz CT molecular complexity index is 359. The molecular formula is C15H23BrOSi. The van der Waals surface area contributed by atoms with E-state index in [1.165, 1.54) is 5.56 Å². The first-order chi connectivity index (χ1) is 8.42. The van der Waals surface area contributed by atoms with Gasteiger partial charge in [0.1, 0.15) is 0 Å². The maximum absolute atomic E-state index is 6.23. The lowest BCUT2D eigenvalue weighted by Gasteiger charge is -2.28. The van der Waals surface area contributed by atoms with Crippen LogP contribution in [0.4, 0.5) is 0 Å². The van der Waals surface area contributed by atoms with Gasteiger partial charge in [0.2, 0.25) is 0 Å². The molecule has 3 heteroatoms. The van der Waals surface area contributed by atoms with Gasteiger partial charge in [-0.05, 0) is 38.0 Å². The lowest BCUT2D eigenvalue weighted by molar-refractivity contribution is 0.194. The molecule has 0 saturated carbocycles. The van der Waals surface area contributed by atoms with Gasteiger partial charge in [0.25, 0.3) is 0 Å². The van der Waals surface area contributed by atoms with Crippen molar-refractivity contribution in [3.05, 3.63) is 48.6 Å². The molecule has 0 unspecified atom stereocenters. The summed E-state index contributed by atoms with van der Waals surface area (Å²) < 4.78 is 6.23. The van der Waals surface area contributed by atoms with Gasteiger partial charge < -0.3 is 4.43 Å². The Morgan fingerprint density at radius 2 is 1.89 bits per heavy atom. The van der Waals surface area contributed by atoms with Crippen LogP contribution >= 0.6 is 15.9 Å². The van der Waals surface area contributed by atoms with Crippen LogP contribution in [0.15, 0.2) is 43.0 Å². The second kappa shape index (κ2) is 7.27. The predicted octanol–water partition coefficient (Wildman–Crippen LogP) is 4.79. The van der Waals surface area contributed by atoms with Gasteiger partial charge in [-0.2, -0.15) is 0 Å². The first-order valence-electron chi connectivity index (χ1n) is 6.41. The fourth-order valence-electron chi connectivity index (χ4n) is 1.84. The highest BCUT2D eigenvalue weighted by atomic mass is 79.9. The number of hydrogen-bond acceptors (Lipinski definition) is 1. The Morgan fingerprint density at radius 3 is 2.39 bits per heavy atom. The van der Waals surface area contributed by atoms with Gasteiger partial charge in [-0.1, -0.05) is 52.3 Å². The SMILES string of the molecule is C=C[C@H](Br)[C@@H](CCc1ccccc1)O[Si](C)(C)C. The molecule has 0 fully saturated rings. The predicted molar refractivity (Wildman–Crippen MR) is 85.9 cm³/mol. The van der Waals surface area contributed by atoms with Crippen molar-refractivity contribution in [1.82, 2.24) is 0 Å². The molecule has 0 aliphatic carbocycles. The summed E-state index contributed by atoms with van der Waals surface area (Å²) in [6.45, 7) is 10.5. The number of halogens is 1. The van der Waals surface area contributed by atoms with E-state index in [1.807, 2.05) is 6.08 Å². The summed E-state index contributed by atoms with van der Waals surface area (Å²) in [6, 6.07) is 10.6. The minimum Gasteiger partial charge on any atom is -0.413 e. The van der Waals surface area contributed by atoms with E-state index in [0.29, 0.717) is 0 Å². The molecule has 0 amide bonds. The molecule has 1 aromatic rings. The summed E-state index contributed by atoms with van der Waals surface area (Å²) in [5.74, 6) is 0. The molecule has 0 spiro atoms. The third-order valence-electron chi connectivity index (χ3n) is 2.65. The van der Waals surface area contributed by atoms with E-state index in [-0.39, 0.29) is 10.9 Å². The number of aryl methyl sites for hydroxylation is 1. The van der Waals surface area contributed by atoms with Gasteiger partial charge >= 0.3 is 0 Å². The topological polar surface area (TPSA) is 9.23 Å². The summed E-state index contributed by atoms with van der Waals surface area (Å²) in [7, 11) is -1.52. The highest BCUT2D eigenvalue weighted by Crippen LogP contribution is 2.21. The number of hydrogen-bond donors (Lipinski definition) is 0. The summed E-state index contributed by atoms with van der Waals surface area (Å²) in [4.78, 5) is 0.230. The molecule has 1 aromatic carbocycles. The molecule has 0 radical (unpaired) electrons. The zero-order valence-corrected chi connectivity index (χ0v) is 14.1. The second-order valence-corrected chi connectivity index (χ2v) is 11.0. The van der Waals surface area contributed by atoms with E-state index in [9.17, 15) is 0 Å². The van der Waals surface area contributed by atoms with Crippen LogP contribution in [0.25, 0.3) is 0 Å². The van der Waals surface area contributed by atoms with Gasteiger partial charge in [0.15, 0.2) is 8.32 Å². The minimum atomic E-state index is -1.52. The molecule has 0 aliphatic rings. The van der Waals surface area contributed by atoms with Crippen molar-refractivity contribution >= 4 is 24.2 Å². The van der Waals surface area contributed by atoms with Crippen LogP contribution in [0.2, 0.25) is 19.6 Å². The summed E-state index contributed by atoms with van der Waals surface area (Å²) >= 11 is 3.65. The lowest BCUT2D eigenvalue weighted by Crippen LogP contribution is -2.36. The molecule has 0 saturated heterocycles. The highest BCUT2D eigenvalue weighted by molar-refractivity contribution is 9.09. The van der Waals surface area contributed by atoms with Crippen molar-refractivity contribution in [2.45, 2.75) is 43.4 Å². The number of rotatable bonds is 7. The molecule has 0 heterocycles. The zero-order chi connectivity index (χ0) is 13.6. The lowest BCUT2D eigenvalue weighted by atomic mass is 10.1. The average molecular weight is 327 g/mol. The van der Waals surface area contributed by atoms with Gasteiger partial charge in [0, 0.05) is 0 Å². The Morgan fingerprint density at radius 1 is 1.28 bits per heavy atom. The van der Waals surface area contributed by atoms with E-state index in [0.717, 1.165) is 12.8 Å². The Kier molecular flexibility index (Phi) is 6.33. The summed E-state index contributed by atoms with van der Waals surface area (Å²) in [6.07, 6.45) is 4.21. The van der Waals surface area contributed by atoms with Crippen LogP contribution in [0.1, 0.15) is 12.0 Å². The molecular weight excluding hydrogens is 304 g/mol. The molecule has 2 atom stereocenters. The van der Waals surface area contributed by atoms with Crippen molar-refractivity contribution in [3.8, 4) is 0 Å². The standard InChI is InChI=1S/C15H23BrOSi/c1-5-14(16)15(17-18(2,3)4)12-11-13-9-7-6-8-10-13/h5-10,14-15H,1,11-12H2,2-4H3/t14-,15+/m0/s1. The van der Waals surface area contributed by atoms with Crippen LogP contribution < -0.4 is 0 Å². The smallest absolute Gasteiger partial charge is 0.184 e. The molecule has 100 valence electrons. The van der Waals surface area contributed by atoms with Crippen molar-refractivity contribution in [2.24, 2.45) is 0 Å². The maximum atomic E-state index is 6.23. The first-order valence-corrected chi connectivity index (χ1v) is 10.7. The Balaban J connectivity index is 2.59. The van der Waals surface area contributed by atoms with Crippen LogP contribution in [0.5, 0.6) is 0 Å². The third kappa shape index (κ3) is 5.98. The van der Waals surface area contributed by atoms with Gasteiger partial charge in [0.05, 0.1) is 10.9 Å². The highest BCUT2D eigenvalue weighted by Gasteiger charge is 2.24. The average Bonchev–Trinajstić information content (AvgIpc) is 2.33. The van der Waals surface area contributed by atoms with E-state index < -0.39 is 8.32 Å². The van der Waals surface area contributed by atoms with Crippen LogP contribution in [-0.4, -0.2) is 19.2 Å². The molecule has 18 heavy (non-hydrogen) atoms. The Hall–Kier alpha value is -0.383. The summed E-state index contributed by atoms with van der Waals surface area (Å²) in [5.41, 5.74) is 1.37. The first kappa shape index (κ1) is 15.7. The van der Waals surface area contributed by atoms with Gasteiger partial charge in [-0.3, -0.25) is 0 Å². The van der Waals surface area contributed by atoms with E-state index in [1.54, 1.807) is 0 Å². The molecule has 1 rings (SSSR count). The Labute approximate surface area is 121 Å². The maximum Gasteiger partial charge on any atom is 0.184 e. The van der Waals surface area contributed by atoms with Gasteiger partial charge in [-0.25, -0.2) is 0 Å². The monoisotopic (exact) mass is 326 g/mol. The summed E-state index contributed by atoms with van der Waals surface area (Å²) in [5, 5.41) is 0. The van der Waals surface area contributed by atoms with E-state index >= 15 is 0 Å². The molecule has 0 bridgehead atoms. The third-order valence-corrected chi connectivity index (χ3v) is 4.62. The number of alkyl halides is 1. The second-order valence-electron chi connectivity index (χ2n) is 5.47. The largest absolute Gasteiger partial charge is 0.413 e. The zero-order valence-electron chi connectivity index (χ0n) is 11.5. The fraction of sp³-hybridized carbons (Fsp3) is 0.467. The van der Waals surface area contributed by atoms with Crippen LogP contribution in [0.3, 0.4) is 0 Å². The molecule has 1 nitrogen and oxygen atoms in total. The molecule has 0 aromatic heterocycles. The normalized spacial score (nSPS) is 15.1. The quantitative estimate of drug-likeness (QED) is 0.397. The molecule has 0 aliphatic heterocycles. The van der Waals surface area contributed by atoms with Crippen LogP contribution in [0, 0.1) is 0 Å². The molecule has 0 N–H and O–H groups in total. The van der Waals surface area contributed by atoms with Gasteiger partial charge in [-0.15, -0.1) is 6.58 Å². The van der Waals surface area contributed by atoms with Crippen molar-refractivity contribution in [2.75, 3.05) is 0 Å². The fourth-order valence-corrected chi connectivity index (χ4v) is 3.59. The number of benzene rings is 1. The van der Waals surface area contributed by atoms with E-state index in [2.05, 4.69) is 72.5 Å². The van der Waals surface area contributed by atoms with Crippen LogP contribution in [-0.2, 0) is 10.8 Å². The minimum absolute atomic E-state index is 0.217. The van der Waals surface area contributed by atoms with Crippen molar-refractivity contribution in [3.63, 3.8) is 0 Å². The van der Waals surface area contributed by atoms with Crippen molar-refractivity contribution < 1.29 is 4.43 Å². The van der Waals surface area contributed by atoms with Crippen molar-refractivity contribution in [1.29, 1.82) is 0 Å². The van der Waals surface area contributed by atoms with E-state index in [4.69, 9.17) is 4.43 Å².